The smallest absolute Gasteiger partial charge is 0.343 e. The summed E-state index contributed by atoms with van der Waals surface area (Å²) in [7, 11) is 0. The third-order valence-corrected chi connectivity index (χ3v) is 6.42. The summed E-state index contributed by atoms with van der Waals surface area (Å²) in [5.41, 5.74) is 1.46. The Morgan fingerprint density at radius 3 is 2.11 bits per heavy atom. The number of esters is 1. The second kappa shape index (κ2) is 11.6. The van der Waals surface area contributed by atoms with Crippen LogP contribution in [0.1, 0.15) is 27.0 Å². The van der Waals surface area contributed by atoms with Crippen LogP contribution in [0.15, 0.2) is 111 Å². The Hall–Kier alpha value is -3.66. The lowest BCUT2D eigenvalue weighted by Gasteiger charge is -2.27. The van der Waals surface area contributed by atoms with E-state index < -0.39 is 23.3 Å². The van der Waals surface area contributed by atoms with Crippen molar-refractivity contribution in [2.45, 2.75) is 5.60 Å². The van der Waals surface area contributed by atoms with Gasteiger partial charge in [0.05, 0.1) is 16.3 Å². The minimum absolute atomic E-state index is 0.0294. The lowest BCUT2D eigenvalue weighted by Crippen LogP contribution is -2.43. The van der Waals surface area contributed by atoms with Gasteiger partial charge >= 0.3 is 5.97 Å². The second-order valence-electron chi connectivity index (χ2n) is 7.85. The molecule has 0 saturated heterocycles. The van der Waals surface area contributed by atoms with Crippen LogP contribution in [0.2, 0.25) is 0 Å². The molecule has 2 N–H and O–H groups in total. The molecular formula is C28H19Br2FN2O4. The Morgan fingerprint density at radius 1 is 0.892 bits per heavy atom. The van der Waals surface area contributed by atoms with Crippen LogP contribution < -0.4 is 10.2 Å². The van der Waals surface area contributed by atoms with E-state index in [4.69, 9.17) is 4.74 Å². The molecule has 0 heterocycles. The summed E-state index contributed by atoms with van der Waals surface area (Å²) >= 11 is 6.73. The molecule has 0 saturated carbocycles. The van der Waals surface area contributed by atoms with Crippen molar-refractivity contribution >= 4 is 50.0 Å². The van der Waals surface area contributed by atoms with Crippen molar-refractivity contribution in [3.05, 3.63) is 134 Å². The first kappa shape index (κ1) is 26.4. The molecule has 0 aliphatic rings. The van der Waals surface area contributed by atoms with E-state index in [9.17, 15) is 19.1 Å². The Balaban J connectivity index is 1.62. The van der Waals surface area contributed by atoms with Crippen LogP contribution in [0.5, 0.6) is 5.75 Å². The first-order valence-corrected chi connectivity index (χ1v) is 12.5. The van der Waals surface area contributed by atoms with Gasteiger partial charge in [0.15, 0.2) is 11.4 Å². The van der Waals surface area contributed by atoms with Crippen LogP contribution >= 0.6 is 31.9 Å². The summed E-state index contributed by atoms with van der Waals surface area (Å²) in [4.78, 5) is 25.9. The SMILES string of the molecule is O=C(Oc1c(Br)cc(Br)cc1C=NNC(=O)C(O)(c1ccccc1)c1ccccc1)c1cccc(F)c1. The number of carbonyl (C=O) groups excluding carboxylic acids is 2. The fraction of sp³-hybridized carbons (Fsp3) is 0.0357. The van der Waals surface area contributed by atoms with Crippen molar-refractivity contribution < 1.29 is 23.8 Å². The summed E-state index contributed by atoms with van der Waals surface area (Å²) < 4.78 is 20.1. The van der Waals surface area contributed by atoms with Crippen LogP contribution in [-0.2, 0) is 10.4 Å². The number of hydrazone groups is 1. The van der Waals surface area contributed by atoms with Gasteiger partial charge in [0.25, 0.3) is 5.91 Å². The Kier molecular flexibility index (Phi) is 8.27. The number of benzene rings is 4. The average Bonchev–Trinajstić information content (AvgIpc) is 2.90. The molecule has 0 aliphatic heterocycles. The van der Waals surface area contributed by atoms with Gasteiger partial charge in [-0.2, -0.15) is 5.10 Å². The zero-order valence-corrected chi connectivity index (χ0v) is 22.2. The van der Waals surface area contributed by atoms with Gasteiger partial charge < -0.3 is 9.84 Å². The molecule has 0 bridgehead atoms. The number of ether oxygens (including phenoxy) is 1. The lowest BCUT2D eigenvalue weighted by atomic mass is 9.85. The zero-order chi connectivity index (χ0) is 26.4. The summed E-state index contributed by atoms with van der Waals surface area (Å²) in [6, 6.07) is 25.4. The van der Waals surface area contributed by atoms with Crippen molar-refractivity contribution in [3.63, 3.8) is 0 Å². The van der Waals surface area contributed by atoms with Gasteiger partial charge in [-0.3, -0.25) is 4.79 Å². The van der Waals surface area contributed by atoms with Crippen LogP contribution in [0, 0.1) is 5.82 Å². The minimum Gasteiger partial charge on any atom is -0.421 e. The molecule has 6 nitrogen and oxygen atoms in total. The fourth-order valence-electron chi connectivity index (χ4n) is 3.58. The molecular weight excluding hydrogens is 607 g/mol. The van der Waals surface area contributed by atoms with E-state index in [2.05, 4.69) is 42.4 Å². The van der Waals surface area contributed by atoms with E-state index in [1.807, 2.05) is 0 Å². The van der Waals surface area contributed by atoms with Crippen molar-refractivity contribution in [3.8, 4) is 5.75 Å². The van der Waals surface area contributed by atoms with Crippen LogP contribution in [-0.4, -0.2) is 23.2 Å². The van der Waals surface area contributed by atoms with E-state index in [1.165, 1.54) is 24.4 Å². The number of aliphatic hydroxyl groups is 1. The van der Waals surface area contributed by atoms with Crippen molar-refractivity contribution in [2.24, 2.45) is 5.10 Å². The highest BCUT2D eigenvalue weighted by Crippen LogP contribution is 2.33. The van der Waals surface area contributed by atoms with Crippen LogP contribution in [0.4, 0.5) is 4.39 Å². The fourth-order valence-corrected chi connectivity index (χ4v) is 4.92. The molecule has 0 spiro atoms. The zero-order valence-electron chi connectivity index (χ0n) is 19.1. The molecule has 37 heavy (non-hydrogen) atoms. The Bertz CT molecular complexity index is 1420. The van der Waals surface area contributed by atoms with E-state index >= 15 is 0 Å². The van der Waals surface area contributed by atoms with Gasteiger partial charge in [0, 0.05) is 10.0 Å². The molecule has 4 aromatic carbocycles. The van der Waals surface area contributed by atoms with Gasteiger partial charge in [-0.25, -0.2) is 14.6 Å². The molecule has 186 valence electrons. The lowest BCUT2D eigenvalue weighted by molar-refractivity contribution is -0.136. The minimum atomic E-state index is -2.01. The number of carbonyl (C=O) groups is 2. The molecule has 0 fully saturated rings. The number of rotatable bonds is 7. The van der Waals surface area contributed by atoms with E-state index in [0.29, 0.717) is 25.6 Å². The molecule has 4 aromatic rings. The monoisotopic (exact) mass is 624 g/mol. The summed E-state index contributed by atoms with van der Waals surface area (Å²) in [6.07, 6.45) is 1.28. The average molecular weight is 626 g/mol. The topological polar surface area (TPSA) is 88.0 Å². The molecule has 0 unspecified atom stereocenters. The predicted octanol–water partition coefficient (Wildman–Crippen LogP) is 5.96. The largest absolute Gasteiger partial charge is 0.421 e. The molecule has 0 aromatic heterocycles. The van der Waals surface area contributed by atoms with E-state index in [0.717, 1.165) is 6.07 Å². The number of amides is 1. The van der Waals surface area contributed by atoms with Gasteiger partial charge in [0.1, 0.15) is 5.82 Å². The molecule has 0 aliphatic carbocycles. The summed E-state index contributed by atoms with van der Waals surface area (Å²) in [6.45, 7) is 0. The van der Waals surface area contributed by atoms with Gasteiger partial charge in [-0.05, 0) is 57.4 Å². The number of nitrogens with one attached hydrogen (secondary N) is 1. The summed E-state index contributed by atoms with van der Waals surface area (Å²) in [5.74, 6) is -2.02. The highest BCUT2D eigenvalue weighted by Gasteiger charge is 2.39. The molecule has 9 heteroatoms. The van der Waals surface area contributed by atoms with E-state index in [1.54, 1.807) is 72.8 Å². The van der Waals surface area contributed by atoms with Gasteiger partial charge in [-0.15, -0.1) is 0 Å². The van der Waals surface area contributed by atoms with Crippen molar-refractivity contribution in [1.82, 2.24) is 5.43 Å². The highest BCUT2D eigenvalue weighted by atomic mass is 79.9. The number of halogens is 3. The molecule has 0 atom stereocenters. The van der Waals surface area contributed by atoms with Crippen LogP contribution in [0.3, 0.4) is 0 Å². The van der Waals surface area contributed by atoms with Crippen molar-refractivity contribution in [2.75, 3.05) is 0 Å². The van der Waals surface area contributed by atoms with Gasteiger partial charge in [0.2, 0.25) is 0 Å². The van der Waals surface area contributed by atoms with Crippen LogP contribution in [0.25, 0.3) is 0 Å². The predicted molar refractivity (Wildman–Crippen MR) is 145 cm³/mol. The van der Waals surface area contributed by atoms with Crippen molar-refractivity contribution in [1.29, 1.82) is 0 Å². The second-order valence-corrected chi connectivity index (χ2v) is 9.62. The first-order valence-electron chi connectivity index (χ1n) is 10.9. The maximum atomic E-state index is 13.6. The maximum Gasteiger partial charge on any atom is 0.343 e. The Morgan fingerprint density at radius 2 is 1.51 bits per heavy atom. The third kappa shape index (κ3) is 6.02. The number of hydrogen-bond acceptors (Lipinski definition) is 5. The highest BCUT2D eigenvalue weighted by molar-refractivity contribution is 9.11. The number of hydrogen-bond donors (Lipinski definition) is 2. The van der Waals surface area contributed by atoms with E-state index in [-0.39, 0.29) is 11.3 Å². The normalized spacial score (nSPS) is 11.4. The standard InChI is InChI=1S/C28H19Br2FN2O4/c29-22-14-19(25(24(30)16-22)37-26(34)18-8-7-13-23(31)15-18)17-32-33-27(35)28(36,20-9-3-1-4-10-20)21-11-5-2-6-12-21/h1-17,36H,(H,33,35). The summed E-state index contributed by atoms with van der Waals surface area (Å²) in [5, 5.41) is 15.5. The van der Waals surface area contributed by atoms with Gasteiger partial charge in [-0.1, -0.05) is 82.7 Å². The quantitative estimate of drug-likeness (QED) is 0.115. The first-order chi connectivity index (χ1) is 17.8. The molecule has 1 amide bonds. The number of nitrogens with zero attached hydrogens (tertiary/aromatic N) is 1. The maximum absolute atomic E-state index is 13.6. The molecule has 0 radical (unpaired) electrons. The Labute approximate surface area is 229 Å². The third-order valence-electron chi connectivity index (χ3n) is 5.37. The molecule has 4 rings (SSSR count).